The van der Waals surface area contributed by atoms with Gasteiger partial charge in [0.15, 0.2) is 6.61 Å². The Balaban J connectivity index is 1.51. The molecule has 0 unspecified atom stereocenters. The average molecular weight is 499 g/mol. The number of nitrogens with one attached hydrogen (secondary N) is 2. The fourth-order valence-corrected chi connectivity index (χ4v) is 3.44. The zero-order valence-corrected chi connectivity index (χ0v) is 19.1. The second-order valence-electron chi connectivity index (χ2n) is 7.09. The van der Waals surface area contributed by atoms with E-state index in [1.165, 1.54) is 18.2 Å². The van der Waals surface area contributed by atoms with Crippen molar-refractivity contribution < 1.29 is 23.9 Å². The molecule has 1 saturated heterocycles. The summed E-state index contributed by atoms with van der Waals surface area (Å²) < 4.78 is 5.04. The molecule has 0 radical (unpaired) electrons. The van der Waals surface area contributed by atoms with Crippen LogP contribution in [0.4, 0.5) is 5.69 Å². The van der Waals surface area contributed by atoms with E-state index in [-0.39, 0.29) is 28.6 Å². The van der Waals surface area contributed by atoms with Gasteiger partial charge in [-0.05, 0) is 42.8 Å². The summed E-state index contributed by atoms with van der Waals surface area (Å²) in [6.07, 6.45) is -0.157. The summed E-state index contributed by atoms with van der Waals surface area (Å²) in [5, 5.41) is 4.58. The number of anilines is 1. The number of esters is 1. The fourth-order valence-electron chi connectivity index (χ4n) is 2.97. The number of ether oxygens (including phenoxy) is 1. The summed E-state index contributed by atoms with van der Waals surface area (Å²) in [6.45, 7) is 1.19. The van der Waals surface area contributed by atoms with Crippen LogP contribution in [0.1, 0.15) is 22.3 Å². The third kappa shape index (κ3) is 5.91. The van der Waals surface area contributed by atoms with E-state index in [1.807, 2.05) is 0 Å². The first kappa shape index (κ1) is 23.8. The first-order chi connectivity index (χ1) is 15.1. The Kier molecular flexibility index (Phi) is 7.60. The number of aryl methyl sites for hydroxylation is 1. The number of carbonyl (C=O) groups is 4. The first-order valence-electron chi connectivity index (χ1n) is 9.43. The number of halogens is 3. The van der Waals surface area contributed by atoms with E-state index in [2.05, 4.69) is 10.7 Å². The maximum atomic E-state index is 12.3. The molecule has 1 aliphatic heterocycles. The Morgan fingerprint density at radius 3 is 2.56 bits per heavy atom. The minimum absolute atomic E-state index is 0.0836. The summed E-state index contributed by atoms with van der Waals surface area (Å²) in [5.74, 6) is -3.13. The molecule has 0 spiro atoms. The van der Waals surface area contributed by atoms with Crippen LogP contribution in [0.3, 0.4) is 0 Å². The fraction of sp³-hybridized carbons (Fsp3) is 0.238. The van der Waals surface area contributed by atoms with E-state index in [0.717, 1.165) is 10.6 Å². The molecule has 8 nitrogen and oxygen atoms in total. The highest BCUT2D eigenvalue weighted by Gasteiger charge is 2.36. The molecule has 32 heavy (non-hydrogen) atoms. The number of carbonyl (C=O) groups excluding carboxylic acids is 4. The van der Waals surface area contributed by atoms with Crippen LogP contribution >= 0.6 is 34.8 Å². The lowest BCUT2D eigenvalue weighted by molar-refractivity contribution is -0.151. The predicted molar refractivity (Wildman–Crippen MR) is 120 cm³/mol. The van der Waals surface area contributed by atoms with Crippen molar-refractivity contribution in [2.75, 3.05) is 18.5 Å². The molecule has 0 aromatic heterocycles. The molecule has 0 saturated carbocycles. The Labute approximate surface area is 198 Å². The lowest BCUT2D eigenvalue weighted by Crippen LogP contribution is -2.43. The van der Waals surface area contributed by atoms with Crippen LogP contribution in [-0.4, -0.2) is 41.9 Å². The number of hydrogen-bond acceptors (Lipinski definition) is 5. The third-order valence-corrected chi connectivity index (χ3v) is 5.67. The Hall–Kier alpha value is -2.81. The van der Waals surface area contributed by atoms with Crippen LogP contribution in [0, 0.1) is 12.8 Å². The molecule has 2 N–H and O–H groups in total. The SMILES string of the molecule is Cc1ccc(Cl)cc1NC(=O)COC(=O)[C@H]1CC(=O)N(NC(=O)c2ccc(Cl)c(Cl)c2)C1. The number of benzene rings is 2. The van der Waals surface area contributed by atoms with E-state index in [0.29, 0.717) is 10.7 Å². The van der Waals surface area contributed by atoms with Crippen molar-refractivity contribution in [3.05, 3.63) is 62.6 Å². The molecule has 1 aliphatic rings. The van der Waals surface area contributed by atoms with Crippen LogP contribution in [0.15, 0.2) is 36.4 Å². The number of rotatable bonds is 6. The highest BCUT2D eigenvalue weighted by Crippen LogP contribution is 2.23. The van der Waals surface area contributed by atoms with Gasteiger partial charge in [0.2, 0.25) is 5.91 Å². The van der Waals surface area contributed by atoms with E-state index in [1.54, 1.807) is 25.1 Å². The van der Waals surface area contributed by atoms with Gasteiger partial charge in [0.05, 0.1) is 22.5 Å². The van der Waals surface area contributed by atoms with Gasteiger partial charge in [0, 0.05) is 22.7 Å². The Morgan fingerprint density at radius 1 is 1.09 bits per heavy atom. The molecule has 1 atom stereocenters. The van der Waals surface area contributed by atoms with Gasteiger partial charge in [0.1, 0.15) is 0 Å². The molecule has 2 aromatic carbocycles. The van der Waals surface area contributed by atoms with Crippen molar-refractivity contribution in [2.45, 2.75) is 13.3 Å². The summed E-state index contributed by atoms with van der Waals surface area (Å²) >= 11 is 17.6. The zero-order valence-electron chi connectivity index (χ0n) is 16.8. The molecule has 0 aliphatic carbocycles. The molecule has 1 heterocycles. The van der Waals surface area contributed by atoms with Crippen molar-refractivity contribution >= 4 is 64.2 Å². The second kappa shape index (κ2) is 10.2. The Morgan fingerprint density at radius 2 is 1.84 bits per heavy atom. The smallest absolute Gasteiger partial charge is 0.311 e. The number of hydrazine groups is 1. The molecule has 0 bridgehead atoms. The summed E-state index contributed by atoms with van der Waals surface area (Å²) in [6, 6.07) is 9.30. The second-order valence-corrected chi connectivity index (χ2v) is 8.34. The van der Waals surface area contributed by atoms with Crippen LogP contribution in [-0.2, 0) is 19.1 Å². The van der Waals surface area contributed by atoms with Crippen molar-refractivity contribution in [3.63, 3.8) is 0 Å². The highest BCUT2D eigenvalue weighted by atomic mass is 35.5. The van der Waals surface area contributed by atoms with Crippen molar-refractivity contribution in [1.82, 2.24) is 10.4 Å². The molecular weight excluding hydrogens is 481 g/mol. The summed E-state index contributed by atoms with van der Waals surface area (Å²) in [5.41, 5.74) is 3.93. The number of nitrogens with zero attached hydrogens (tertiary/aromatic N) is 1. The van der Waals surface area contributed by atoms with Gasteiger partial charge < -0.3 is 10.1 Å². The topological polar surface area (TPSA) is 105 Å². The van der Waals surface area contributed by atoms with Crippen LogP contribution < -0.4 is 10.7 Å². The maximum Gasteiger partial charge on any atom is 0.311 e. The van der Waals surface area contributed by atoms with Crippen LogP contribution in [0.5, 0.6) is 0 Å². The third-order valence-electron chi connectivity index (χ3n) is 4.70. The van der Waals surface area contributed by atoms with Crippen LogP contribution in [0.25, 0.3) is 0 Å². The normalized spacial score (nSPS) is 15.4. The number of hydrogen-bond donors (Lipinski definition) is 2. The molecule has 3 rings (SSSR count). The largest absolute Gasteiger partial charge is 0.455 e. The summed E-state index contributed by atoms with van der Waals surface area (Å²) in [4.78, 5) is 48.9. The molecular formula is C21H18Cl3N3O5. The Bertz CT molecular complexity index is 1090. The molecule has 3 amide bonds. The molecule has 1 fully saturated rings. The van der Waals surface area contributed by atoms with Gasteiger partial charge >= 0.3 is 5.97 Å². The van der Waals surface area contributed by atoms with Crippen molar-refractivity contribution in [2.24, 2.45) is 5.92 Å². The van der Waals surface area contributed by atoms with Crippen molar-refractivity contribution in [3.8, 4) is 0 Å². The first-order valence-corrected chi connectivity index (χ1v) is 10.6. The van der Waals surface area contributed by atoms with Crippen molar-refractivity contribution in [1.29, 1.82) is 0 Å². The molecule has 2 aromatic rings. The lowest BCUT2D eigenvalue weighted by atomic mass is 10.1. The van der Waals surface area contributed by atoms with E-state index >= 15 is 0 Å². The van der Waals surface area contributed by atoms with E-state index < -0.39 is 36.2 Å². The van der Waals surface area contributed by atoms with Gasteiger partial charge in [-0.15, -0.1) is 0 Å². The van der Waals surface area contributed by atoms with E-state index in [9.17, 15) is 19.2 Å². The molecule has 11 heteroatoms. The number of amides is 3. The average Bonchev–Trinajstić information content (AvgIpc) is 3.11. The van der Waals surface area contributed by atoms with Crippen LogP contribution in [0.2, 0.25) is 15.1 Å². The minimum Gasteiger partial charge on any atom is -0.455 e. The quantitative estimate of drug-likeness (QED) is 0.592. The van der Waals surface area contributed by atoms with Gasteiger partial charge in [-0.2, -0.15) is 0 Å². The standard InChI is InChI=1S/C21H18Cl3N3O5/c1-11-2-4-14(22)8-17(11)25-18(28)10-32-21(31)13-7-19(29)27(9-13)26-20(30)12-3-5-15(23)16(24)6-12/h2-6,8,13H,7,9-10H2,1H3,(H,25,28)(H,26,30)/t13-/m0/s1. The molecule has 168 valence electrons. The zero-order chi connectivity index (χ0) is 23.4. The minimum atomic E-state index is -0.822. The lowest BCUT2D eigenvalue weighted by Gasteiger charge is -2.17. The van der Waals surface area contributed by atoms with Gasteiger partial charge in [-0.3, -0.25) is 29.6 Å². The van der Waals surface area contributed by atoms with Gasteiger partial charge in [0.25, 0.3) is 11.8 Å². The van der Waals surface area contributed by atoms with Gasteiger partial charge in [-0.25, -0.2) is 0 Å². The summed E-state index contributed by atoms with van der Waals surface area (Å²) in [7, 11) is 0. The predicted octanol–water partition coefficient (Wildman–Crippen LogP) is 3.63. The van der Waals surface area contributed by atoms with Gasteiger partial charge in [-0.1, -0.05) is 40.9 Å². The highest BCUT2D eigenvalue weighted by molar-refractivity contribution is 6.42. The maximum absolute atomic E-state index is 12.3. The van der Waals surface area contributed by atoms with E-state index in [4.69, 9.17) is 39.5 Å². The monoisotopic (exact) mass is 497 g/mol.